The van der Waals surface area contributed by atoms with Crippen molar-refractivity contribution in [3.8, 4) is 0 Å². The molecule has 0 heterocycles. The summed E-state index contributed by atoms with van der Waals surface area (Å²) in [4.78, 5) is 29.4. The van der Waals surface area contributed by atoms with Crippen molar-refractivity contribution < 1.29 is 18.0 Å². The first-order valence-electron chi connectivity index (χ1n) is 11.6. The van der Waals surface area contributed by atoms with Crippen molar-refractivity contribution in [2.24, 2.45) is 22.2 Å². The highest BCUT2D eigenvalue weighted by atomic mass is 32.2. The van der Waals surface area contributed by atoms with Gasteiger partial charge in [0.15, 0.2) is 5.96 Å². The third-order valence-electron chi connectivity index (χ3n) is 5.27. The molecule has 0 saturated carbocycles. The van der Waals surface area contributed by atoms with Crippen molar-refractivity contribution in [1.29, 1.82) is 5.41 Å². The summed E-state index contributed by atoms with van der Waals surface area (Å²) in [5.41, 5.74) is 18.0. The fourth-order valence-corrected chi connectivity index (χ4v) is 4.70. The first-order valence-corrected chi connectivity index (χ1v) is 13.2. The molecule has 0 aromatic heterocycles. The molecular formula is C24H34N8O4S. The number of nitrogens with zero attached hydrogens (tertiary/aromatic N) is 1. The van der Waals surface area contributed by atoms with Crippen LogP contribution in [0.4, 0.5) is 0 Å². The molecule has 0 saturated heterocycles. The van der Waals surface area contributed by atoms with Crippen LogP contribution in [-0.4, -0.2) is 50.7 Å². The Kier molecular flexibility index (Phi) is 11.0. The van der Waals surface area contributed by atoms with Crippen molar-refractivity contribution >= 4 is 33.6 Å². The van der Waals surface area contributed by atoms with E-state index in [1.165, 1.54) is 6.92 Å². The van der Waals surface area contributed by atoms with Crippen LogP contribution in [0.1, 0.15) is 36.5 Å². The van der Waals surface area contributed by atoms with Crippen molar-refractivity contribution in [2.45, 2.75) is 44.1 Å². The molecule has 200 valence electrons. The Hall–Kier alpha value is -3.97. The molecule has 10 N–H and O–H groups in total. The van der Waals surface area contributed by atoms with Gasteiger partial charge in [-0.3, -0.25) is 20.0 Å². The highest BCUT2D eigenvalue weighted by molar-refractivity contribution is 7.88. The van der Waals surface area contributed by atoms with E-state index in [2.05, 4.69) is 20.3 Å². The minimum Gasteiger partial charge on any atom is -0.384 e. The zero-order valence-electron chi connectivity index (χ0n) is 20.6. The van der Waals surface area contributed by atoms with Gasteiger partial charge in [-0.1, -0.05) is 54.6 Å². The van der Waals surface area contributed by atoms with Crippen molar-refractivity contribution in [2.75, 3.05) is 6.54 Å². The normalized spacial score (nSPS) is 12.7. The molecule has 12 nitrogen and oxygen atoms in total. The topological polar surface area (TPSA) is 219 Å². The van der Waals surface area contributed by atoms with Gasteiger partial charge in [-0.05, 0) is 30.9 Å². The van der Waals surface area contributed by atoms with Crippen LogP contribution in [0.15, 0.2) is 59.6 Å². The van der Waals surface area contributed by atoms with Crippen LogP contribution in [0.25, 0.3) is 0 Å². The Morgan fingerprint density at radius 3 is 2.22 bits per heavy atom. The third kappa shape index (κ3) is 10.7. The summed E-state index contributed by atoms with van der Waals surface area (Å²) >= 11 is 0. The van der Waals surface area contributed by atoms with E-state index in [4.69, 9.17) is 22.6 Å². The lowest BCUT2D eigenvalue weighted by Gasteiger charge is -2.21. The van der Waals surface area contributed by atoms with E-state index in [0.29, 0.717) is 17.5 Å². The van der Waals surface area contributed by atoms with Gasteiger partial charge in [0, 0.05) is 18.7 Å². The van der Waals surface area contributed by atoms with Gasteiger partial charge in [-0.25, -0.2) is 13.1 Å². The Balaban J connectivity index is 2.00. The molecule has 37 heavy (non-hydrogen) atoms. The predicted octanol–water partition coefficient (Wildman–Crippen LogP) is -0.367. The number of amides is 2. The van der Waals surface area contributed by atoms with Crippen LogP contribution >= 0.6 is 0 Å². The maximum absolute atomic E-state index is 13.0. The molecule has 0 aliphatic carbocycles. The van der Waals surface area contributed by atoms with Gasteiger partial charge in [0.25, 0.3) is 0 Å². The lowest BCUT2D eigenvalue weighted by Crippen LogP contribution is -2.52. The maximum atomic E-state index is 13.0. The van der Waals surface area contributed by atoms with Gasteiger partial charge in [0.1, 0.15) is 17.9 Å². The standard InChI is InChI=1S/C24H34N8O4S/c1-16(22(33)30-14-17-9-11-19(12-10-17)21(25)26)31-23(34)20(8-5-13-29-24(27)28)32-37(35,36)15-18-6-3-2-4-7-18/h2-4,6-7,9-12,16,20,32H,5,8,13-15H2,1H3,(H3,25,26)(H,30,33)(H,31,34)(H4,27,28,29). The number of hydrogen-bond acceptors (Lipinski definition) is 6. The van der Waals surface area contributed by atoms with Gasteiger partial charge in [-0.2, -0.15) is 0 Å². The summed E-state index contributed by atoms with van der Waals surface area (Å²) in [7, 11) is -3.86. The minimum absolute atomic E-state index is 0.0563. The molecule has 2 aromatic rings. The van der Waals surface area contributed by atoms with E-state index in [9.17, 15) is 18.0 Å². The number of amidine groups is 1. The maximum Gasteiger partial charge on any atom is 0.242 e. The summed E-state index contributed by atoms with van der Waals surface area (Å²) in [6.07, 6.45) is 0.453. The van der Waals surface area contributed by atoms with Gasteiger partial charge < -0.3 is 27.8 Å². The number of carbonyl (C=O) groups excluding carboxylic acids is 2. The van der Waals surface area contributed by atoms with Gasteiger partial charge in [0.05, 0.1) is 5.75 Å². The van der Waals surface area contributed by atoms with E-state index < -0.39 is 33.9 Å². The second-order valence-corrected chi connectivity index (χ2v) is 10.2. The zero-order chi connectivity index (χ0) is 27.4. The lowest BCUT2D eigenvalue weighted by molar-refractivity contribution is -0.129. The Labute approximate surface area is 216 Å². The monoisotopic (exact) mass is 530 g/mol. The van der Waals surface area contributed by atoms with Crippen LogP contribution < -0.4 is 32.6 Å². The van der Waals surface area contributed by atoms with Gasteiger partial charge in [-0.15, -0.1) is 0 Å². The average molecular weight is 531 g/mol. The Bertz CT molecular complexity index is 1200. The van der Waals surface area contributed by atoms with E-state index >= 15 is 0 Å². The first-order chi connectivity index (χ1) is 17.5. The number of hydrogen-bond donors (Lipinski definition) is 7. The van der Waals surface area contributed by atoms with Crippen LogP contribution in [0.3, 0.4) is 0 Å². The summed E-state index contributed by atoms with van der Waals surface area (Å²) in [5, 5.41) is 12.7. The highest BCUT2D eigenvalue weighted by Crippen LogP contribution is 2.08. The molecule has 13 heteroatoms. The molecule has 2 rings (SSSR count). The Morgan fingerprint density at radius 1 is 0.973 bits per heavy atom. The molecule has 2 unspecified atom stereocenters. The van der Waals surface area contributed by atoms with Crippen molar-refractivity contribution in [3.63, 3.8) is 0 Å². The first kappa shape index (κ1) is 29.3. The van der Waals surface area contributed by atoms with Crippen LogP contribution in [0, 0.1) is 5.41 Å². The number of sulfonamides is 1. The van der Waals surface area contributed by atoms with Crippen LogP contribution in [0.2, 0.25) is 0 Å². The Morgan fingerprint density at radius 2 is 1.62 bits per heavy atom. The number of aliphatic imine (C=N–C) groups is 1. The van der Waals surface area contributed by atoms with Crippen LogP contribution in [0.5, 0.6) is 0 Å². The SMILES string of the molecule is CC(NC(=O)C(CCCN=C(N)N)NS(=O)(=O)Cc1ccccc1)C(=O)NCc1ccc(C(=N)N)cc1. The second-order valence-electron chi connectivity index (χ2n) is 8.42. The average Bonchev–Trinajstić information content (AvgIpc) is 2.84. The van der Waals surface area contributed by atoms with Crippen molar-refractivity contribution in [3.05, 3.63) is 71.3 Å². The molecule has 0 bridgehead atoms. The molecule has 0 spiro atoms. The number of guanidine groups is 1. The fraction of sp³-hybridized carbons (Fsp3) is 0.333. The van der Waals surface area contributed by atoms with E-state index in [-0.39, 0.29) is 37.1 Å². The van der Waals surface area contributed by atoms with E-state index in [1.54, 1.807) is 54.6 Å². The number of nitrogen functional groups attached to an aromatic ring is 1. The number of benzene rings is 2. The fourth-order valence-electron chi connectivity index (χ4n) is 3.32. The molecule has 0 fully saturated rings. The van der Waals surface area contributed by atoms with Gasteiger partial charge >= 0.3 is 0 Å². The third-order valence-corrected chi connectivity index (χ3v) is 6.62. The van der Waals surface area contributed by atoms with Gasteiger partial charge in [0.2, 0.25) is 21.8 Å². The van der Waals surface area contributed by atoms with Crippen molar-refractivity contribution in [1.82, 2.24) is 15.4 Å². The van der Waals surface area contributed by atoms with Crippen LogP contribution in [-0.2, 0) is 31.9 Å². The van der Waals surface area contributed by atoms with E-state index in [1.807, 2.05) is 0 Å². The molecule has 2 atom stereocenters. The molecular weight excluding hydrogens is 496 g/mol. The minimum atomic E-state index is -3.86. The molecule has 2 amide bonds. The quantitative estimate of drug-likeness (QED) is 0.0975. The zero-order valence-corrected chi connectivity index (χ0v) is 21.4. The predicted molar refractivity (Wildman–Crippen MR) is 143 cm³/mol. The second kappa shape index (κ2) is 13.9. The molecule has 0 radical (unpaired) electrons. The number of nitrogens with one attached hydrogen (secondary N) is 4. The largest absolute Gasteiger partial charge is 0.384 e. The number of nitrogens with two attached hydrogens (primary N) is 3. The lowest BCUT2D eigenvalue weighted by atomic mass is 10.1. The smallest absolute Gasteiger partial charge is 0.242 e. The highest BCUT2D eigenvalue weighted by Gasteiger charge is 2.27. The molecule has 0 aliphatic heterocycles. The van der Waals surface area contributed by atoms with E-state index in [0.717, 1.165) is 5.56 Å². The number of carbonyl (C=O) groups is 2. The summed E-state index contributed by atoms with van der Waals surface area (Å²) < 4.78 is 27.9. The summed E-state index contributed by atoms with van der Waals surface area (Å²) in [6, 6.07) is 13.3. The summed E-state index contributed by atoms with van der Waals surface area (Å²) in [5.74, 6) is -1.56. The molecule has 0 aliphatic rings. The summed E-state index contributed by atoms with van der Waals surface area (Å²) in [6.45, 7) is 1.91. The number of rotatable bonds is 14. The molecule has 2 aromatic carbocycles.